The van der Waals surface area contributed by atoms with E-state index in [9.17, 15) is 0 Å². The lowest BCUT2D eigenvalue weighted by atomic mass is 9.86. The van der Waals surface area contributed by atoms with E-state index in [4.69, 9.17) is 9.47 Å². The second-order valence-corrected chi connectivity index (χ2v) is 5.31. The molecular weight excluding hydrogens is 200 g/mol. The Labute approximate surface area is 99.7 Å². The molecule has 1 saturated carbocycles. The molecule has 0 amide bonds. The van der Waals surface area contributed by atoms with Gasteiger partial charge in [0.15, 0.2) is 6.29 Å². The van der Waals surface area contributed by atoms with Gasteiger partial charge in [-0.15, -0.1) is 0 Å². The summed E-state index contributed by atoms with van der Waals surface area (Å²) in [6.45, 7) is 1.80. The van der Waals surface area contributed by atoms with Crippen molar-refractivity contribution in [2.24, 2.45) is 5.92 Å². The molecule has 2 heteroatoms. The fourth-order valence-electron chi connectivity index (χ4n) is 2.91. The van der Waals surface area contributed by atoms with Crippen LogP contribution in [0.1, 0.15) is 64.2 Å². The number of hydrogen-bond donors (Lipinski definition) is 0. The number of hydrogen-bond acceptors (Lipinski definition) is 2. The fourth-order valence-corrected chi connectivity index (χ4v) is 2.91. The first-order valence-electron chi connectivity index (χ1n) is 7.18. The highest BCUT2D eigenvalue weighted by molar-refractivity contribution is 4.65. The Kier molecular flexibility index (Phi) is 5.64. The molecular formula is C14H26O2. The molecule has 2 rings (SSSR count). The van der Waals surface area contributed by atoms with Gasteiger partial charge in [-0.25, -0.2) is 0 Å². The van der Waals surface area contributed by atoms with Gasteiger partial charge in [-0.3, -0.25) is 0 Å². The van der Waals surface area contributed by atoms with Crippen LogP contribution >= 0.6 is 0 Å². The lowest BCUT2D eigenvalue weighted by Crippen LogP contribution is -2.22. The Bertz CT molecular complexity index is 150. The molecule has 0 radical (unpaired) electrons. The molecule has 1 aliphatic carbocycles. The Morgan fingerprint density at radius 1 is 0.938 bits per heavy atom. The SMILES string of the molecule is C1CCC(CCCOC2CCCCO2)CC1. The van der Waals surface area contributed by atoms with Gasteiger partial charge in [-0.1, -0.05) is 32.1 Å². The van der Waals surface area contributed by atoms with E-state index in [1.165, 1.54) is 57.8 Å². The van der Waals surface area contributed by atoms with Crippen LogP contribution in [0.15, 0.2) is 0 Å². The molecule has 1 aliphatic heterocycles. The van der Waals surface area contributed by atoms with E-state index in [0.717, 1.165) is 25.6 Å². The molecule has 94 valence electrons. The Morgan fingerprint density at radius 2 is 1.75 bits per heavy atom. The van der Waals surface area contributed by atoms with E-state index in [1.807, 2.05) is 0 Å². The topological polar surface area (TPSA) is 18.5 Å². The summed E-state index contributed by atoms with van der Waals surface area (Å²) >= 11 is 0. The summed E-state index contributed by atoms with van der Waals surface area (Å²) in [5, 5.41) is 0. The van der Waals surface area contributed by atoms with Crippen molar-refractivity contribution in [3.05, 3.63) is 0 Å². The van der Waals surface area contributed by atoms with E-state index < -0.39 is 0 Å². The maximum atomic E-state index is 5.75. The van der Waals surface area contributed by atoms with Crippen molar-refractivity contribution < 1.29 is 9.47 Å². The van der Waals surface area contributed by atoms with Gasteiger partial charge in [-0.05, 0) is 38.0 Å². The van der Waals surface area contributed by atoms with Crippen LogP contribution in [0.25, 0.3) is 0 Å². The lowest BCUT2D eigenvalue weighted by molar-refractivity contribution is -0.163. The van der Waals surface area contributed by atoms with Crippen LogP contribution in [0.3, 0.4) is 0 Å². The highest BCUT2D eigenvalue weighted by atomic mass is 16.7. The zero-order valence-corrected chi connectivity index (χ0v) is 10.5. The monoisotopic (exact) mass is 226 g/mol. The molecule has 0 aromatic carbocycles. The van der Waals surface area contributed by atoms with Crippen LogP contribution in [0, 0.1) is 5.92 Å². The summed E-state index contributed by atoms with van der Waals surface area (Å²) in [6.07, 6.45) is 13.6. The first kappa shape index (κ1) is 12.4. The predicted molar refractivity (Wildman–Crippen MR) is 65.4 cm³/mol. The van der Waals surface area contributed by atoms with Crippen LogP contribution in [-0.4, -0.2) is 19.5 Å². The minimum absolute atomic E-state index is 0.111. The summed E-state index contributed by atoms with van der Waals surface area (Å²) in [4.78, 5) is 0. The standard InChI is InChI=1S/C14H26O2/c1-2-7-13(8-3-1)9-6-12-16-14-10-4-5-11-15-14/h13-14H,1-12H2. The van der Waals surface area contributed by atoms with Gasteiger partial charge in [0, 0.05) is 13.2 Å². The van der Waals surface area contributed by atoms with Crippen LogP contribution in [-0.2, 0) is 9.47 Å². The fraction of sp³-hybridized carbons (Fsp3) is 1.00. The normalized spacial score (nSPS) is 28.1. The molecule has 0 spiro atoms. The Hall–Kier alpha value is -0.0800. The van der Waals surface area contributed by atoms with Gasteiger partial charge in [0.25, 0.3) is 0 Å². The van der Waals surface area contributed by atoms with E-state index >= 15 is 0 Å². The van der Waals surface area contributed by atoms with E-state index in [2.05, 4.69) is 0 Å². The van der Waals surface area contributed by atoms with Crippen molar-refractivity contribution in [3.63, 3.8) is 0 Å². The quantitative estimate of drug-likeness (QED) is 0.662. The van der Waals surface area contributed by atoms with Crippen LogP contribution in [0.4, 0.5) is 0 Å². The zero-order valence-electron chi connectivity index (χ0n) is 10.5. The third-order valence-corrected chi connectivity index (χ3v) is 3.92. The second-order valence-electron chi connectivity index (χ2n) is 5.31. The van der Waals surface area contributed by atoms with Crippen LogP contribution in [0.5, 0.6) is 0 Å². The molecule has 16 heavy (non-hydrogen) atoms. The van der Waals surface area contributed by atoms with Crippen molar-refractivity contribution in [1.82, 2.24) is 0 Å². The highest BCUT2D eigenvalue weighted by Crippen LogP contribution is 2.27. The lowest BCUT2D eigenvalue weighted by Gasteiger charge is -2.24. The summed E-state index contributed by atoms with van der Waals surface area (Å²) < 4.78 is 11.3. The summed E-state index contributed by atoms with van der Waals surface area (Å²) in [6, 6.07) is 0. The van der Waals surface area contributed by atoms with E-state index in [-0.39, 0.29) is 6.29 Å². The first-order chi connectivity index (χ1) is 7.95. The van der Waals surface area contributed by atoms with Crippen molar-refractivity contribution in [2.75, 3.05) is 13.2 Å². The van der Waals surface area contributed by atoms with Gasteiger partial charge in [-0.2, -0.15) is 0 Å². The van der Waals surface area contributed by atoms with E-state index in [0.29, 0.717) is 0 Å². The van der Waals surface area contributed by atoms with Crippen molar-refractivity contribution in [1.29, 1.82) is 0 Å². The Balaban J connectivity index is 1.47. The molecule has 0 bridgehead atoms. The van der Waals surface area contributed by atoms with Crippen molar-refractivity contribution >= 4 is 0 Å². The molecule has 1 saturated heterocycles. The summed E-state index contributed by atoms with van der Waals surface area (Å²) in [5.74, 6) is 0.990. The van der Waals surface area contributed by atoms with Crippen molar-refractivity contribution in [2.45, 2.75) is 70.5 Å². The van der Waals surface area contributed by atoms with Gasteiger partial charge in [0.05, 0.1) is 0 Å². The highest BCUT2D eigenvalue weighted by Gasteiger charge is 2.15. The van der Waals surface area contributed by atoms with Crippen LogP contribution in [0.2, 0.25) is 0 Å². The number of rotatable bonds is 5. The molecule has 2 fully saturated rings. The summed E-state index contributed by atoms with van der Waals surface area (Å²) in [5.41, 5.74) is 0. The second kappa shape index (κ2) is 7.29. The van der Waals surface area contributed by atoms with Gasteiger partial charge < -0.3 is 9.47 Å². The predicted octanol–water partition coefficient (Wildman–Crippen LogP) is 3.89. The first-order valence-corrected chi connectivity index (χ1v) is 7.18. The molecule has 0 aromatic rings. The smallest absolute Gasteiger partial charge is 0.157 e. The molecule has 1 atom stereocenters. The molecule has 1 heterocycles. The average molecular weight is 226 g/mol. The average Bonchev–Trinajstić information content (AvgIpc) is 2.37. The molecule has 2 aliphatic rings. The minimum atomic E-state index is 0.111. The van der Waals surface area contributed by atoms with Gasteiger partial charge in [0.1, 0.15) is 0 Å². The third kappa shape index (κ3) is 4.42. The molecule has 0 aromatic heterocycles. The van der Waals surface area contributed by atoms with Gasteiger partial charge in [0.2, 0.25) is 0 Å². The zero-order chi connectivity index (χ0) is 11.1. The molecule has 0 N–H and O–H groups in total. The third-order valence-electron chi connectivity index (χ3n) is 3.92. The van der Waals surface area contributed by atoms with Crippen LogP contribution < -0.4 is 0 Å². The Morgan fingerprint density at radius 3 is 2.50 bits per heavy atom. The van der Waals surface area contributed by atoms with Gasteiger partial charge >= 0.3 is 0 Å². The summed E-state index contributed by atoms with van der Waals surface area (Å²) in [7, 11) is 0. The maximum absolute atomic E-state index is 5.75. The largest absolute Gasteiger partial charge is 0.353 e. The van der Waals surface area contributed by atoms with Crippen molar-refractivity contribution in [3.8, 4) is 0 Å². The van der Waals surface area contributed by atoms with E-state index in [1.54, 1.807) is 0 Å². The number of ether oxygens (including phenoxy) is 2. The maximum Gasteiger partial charge on any atom is 0.157 e. The minimum Gasteiger partial charge on any atom is -0.353 e. The molecule has 2 nitrogen and oxygen atoms in total. The molecule has 1 unspecified atom stereocenters.